The monoisotopic (exact) mass is 619 g/mol. The van der Waals surface area contributed by atoms with Crippen molar-refractivity contribution in [1.82, 2.24) is 24.0 Å². The largest absolute Gasteiger partial charge is 0.444 e. The molecule has 1 fully saturated rings. The number of ketones is 1. The van der Waals surface area contributed by atoms with Crippen LogP contribution in [0.4, 0.5) is 16.4 Å². The van der Waals surface area contributed by atoms with Gasteiger partial charge in [0.1, 0.15) is 5.60 Å². The molecule has 45 heavy (non-hydrogen) atoms. The number of piperidine rings is 1. The minimum Gasteiger partial charge on any atom is -0.444 e. The molecule has 2 amide bonds. The average Bonchev–Trinajstić information content (AvgIpc) is 3.36. The highest BCUT2D eigenvalue weighted by Gasteiger charge is 2.29. The number of anilines is 2. The Bertz CT molecular complexity index is 1800. The number of aromatic nitrogens is 4. The molecule has 0 unspecified atom stereocenters. The molecule has 1 atom stereocenters. The molecule has 1 aromatic carbocycles. The molecule has 0 aliphatic carbocycles. The number of para-hydroxylation sites is 1. The molecule has 0 bridgehead atoms. The quantitative estimate of drug-likeness (QED) is 0.289. The van der Waals surface area contributed by atoms with E-state index in [9.17, 15) is 24.0 Å². The molecule has 0 saturated carbocycles. The van der Waals surface area contributed by atoms with Crippen molar-refractivity contribution in [3.63, 3.8) is 0 Å². The van der Waals surface area contributed by atoms with E-state index in [1.165, 1.54) is 11.6 Å². The maximum Gasteiger partial charge on any atom is 0.407 e. The summed E-state index contributed by atoms with van der Waals surface area (Å²) in [5, 5.41) is 5.67. The number of nitrogens with zero attached hydrogens (tertiary/aromatic N) is 5. The van der Waals surface area contributed by atoms with Crippen molar-refractivity contribution < 1.29 is 19.1 Å². The van der Waals surface area contributed by atoms with Crippen molar-refractivity contribution in [2.45, 2.75) is 79.1 Å². The molecule has 3 aromatic rings. The van der Waals surface area contributed by atoms with E-state index >= 15 is 0 Å². The van der Waals surface area contributed by atoms with Crippen molar-refractivity contribution in [1.29, 1.82) is 0 Å². The summed E-state index contributed by atoms with van der Waals surface area (Å²) in [6.07, 6.45) is 0.963. The second kappa shape index (κ2) is 13.4. The number of benzene rings is 1. The highest BCUT2D eigenvalue weighted by molar-refractivity contribution is 6.05. The van der Waals surface area contributed by atoms with Crippen molar-refractivity contribution in [3.05, 3.63) is 50.7 Å². The van der Waals surface area contributed by atoms with Gasteiger partial charge in [-0.3, -0.25) is 28.1 Å². The van der Waals surface area contributed by atoms with Crippen molar-refractivity contribution >= 4 is 40.6 Å². The van der Waals surface area contributed by atoms with Gasteiger partial charge < -0.3 is 20.3 Å². The summed E-state index contributed by atoms with van der Waals surface area (Å²) in [5.41, 5.74) is -1.24. The van der Waals surface area contributed by atoms with Crippen LogP contribution in [-0.4, -0.2) is 61.2 Å². The van der Waals surface area contributed by atoms with Gasteiger partial charge in [-0.15, -0.1) is 5.92 Å². The predicted octanol–water partition coefficient (Wildman–Crippen LogP) is 2.89. The molecule has 0 radical (unpaired) electrons. The zero-order chi connectivity index (χ0) is 33.1. The molecule has 3 heterocycles. The van der Waals surface area contributed by atoms with Gasteiger partial charge >= 0.3 is 11.8 Å². The number of rotatable bonds is 8. The maximum atomic E-state index is 14.0. The normalized spacial score (nSPS) is 15.0. The molecule has 13 heteroatoms. The van der Waals surface area contributed by atoms with Crippen LogP contribution in [0.15, 0.2) is 33.9 Å². The summed E-state index contributed by atoms with van der Waals surface area (Å²) < 4.78 is 9.21. The highest BCUT2D eigenvalue weighted by Crippen LogP contribution is 2.24. The van der Waals surface area contributed by atoms with Crippen LogP contribution in [0.5, 0.6) is 0 Å². The number of aryl methyl sites for hydroxylation is 1. The van der Waals surface area contributed by atoms with Gasteiger partial charge in [0.2, 0.25) is 11.9 Å². The van der Waals surface area contributed by atoms with Gasteiger partial charge in [-0.05, 0) is 52.7 Å². The van der Waals surface area contributed by atoms with Crippen LogP contribution in [-0.2, 0) is 29.7 Å². The Morgan fingerprint density at radius 1 is 1.13 bits per heavy atom. The number of fused-ring (bicyclic) bond motifs is 1. The van der Waals surface area contributed by atoms with Crippen molar-refractivity contribution in [2.75, 3.05) is 23.3 Å². The second-order valence-electron chi connectivity index (χ2n) is 12.4. The van der Waals surface area contributed by atoms with Crippen LogP contribution in [0.25, 0.3) is 11.2 Å². The van der Waals surface area contributed by atoms with E-state index < -0.39 is 35.3 Å². The zero-order valence-electron chi connectivity index (χ0n) is 26.9. The molecule has 0 spiro atoms. The first kappa shape index (κ1) is 33.0. The SMILES string of the molecule is CC#CCn1c(N2CCC[C@@H](NC(=O)OC(C)(C)C)C2)nc2c1c(=O)n(CC(=O)c1ccccc1NC(=O)C(C)C)c(=O)n2C. The summed E-state index contributed by atoms with van der Waals surface area (Å²) in [7, 11) is 1.50. The summed E-state index contributed by atoms with van der Waals surface area (Å²) in [5.74, 6) is 5.17. The zero-order valence-corrected chi connectivity index (χ0v) is 26.9. The third-order valence-electron chi connectivity index (χ3n) is 7.36. The summed E-state index contributed by atoms with van der Waals surface area (Å²) in [6, 6.07) is 6.26. The van der Waals surface area contributed by atoms with E-state index in [0.717, 1.165) is 17.4 Å². The Balaban J connectivity index is 1.73. The molecule has 1 aliphatic rings. The number of amides is 2. The lowest BCUT2D eigenvalue weighted by atomic mass is 10.1. The van der Waals surface area contributed by atoms with E-state index in [1.54, 1.807) is 70.4 Å². The smallest absolute Gasteiger partial charge is 0.407 e. The Hall–Kier alpha value is -4.86. The number of hydrogen-bond donors (Lipinski definition) is 2. The molecule has 13 nitrogen and oxygen atoms in total. The lowest BCUT2D eigenvalue weighted by Gasteiger charge is -2.34. The van der Waals surface area contributed by atoms with Gasteiger partial charge in [-0.2, -0.15) is 4.98 Å². The fourth-order valence-corrected chi connectivity index (χ4v) is 5.14. The fourth-order valence-electron chi connectivity index (χ4n) is 5.14. The summed E-state index contributed by atoms with van der Waals surface area (Å²) in [4.78, 5) is 72.4. The number of imidazole rings is 1. The molecule has 2 N–H and O–H groups in total. The Morgan fingerprint density at radius 3 is 2.51 bits per heavy atom. The molecular weight excluding hydrogens is 578 g/mol. The lowest BCUT2D eigenvalue weighted by Crippen LogP contribution is -2.49. The van der Waals surface area contributed by atoms with Crippen LogP contribution in [0.1, 0.15) is 64.7 Å². The summed E-state index contributed by atoms with van der Waals surface area (Å²) in [6.45, 7) is 11.1. The topological polar surface area (TPSA) is 150 Å². The Kier molecular flexibility index (Phi) is 9.85. The van der Waals surface area contributed by atoms with Crippen LogP contribution < -0.4 is 26.8 Å². The van der Waals surface area contributed by atoms with E-state index in [-0.39, 0.29) is 41.1 Å². The van der Waals surface area contributed by atoms with Gasteiger partial charge in [-0.25, -0.2) is 9.59 Å². The van der Waals surface area contributed by atoms with Gasteiger partial charge in [0, 0.05) is 37.7 Å². The lowest BCUT2D eigenvalue weighted by molar-refractivity contribution is -0.118. The van der Waals surface area contributed by atoms with E-state index in [0.29, 0.717) is 24.7 Å². The fraction of sp³-hybridized carbons (Fsp3) is 0.500. The molecule has 1 aliphatic heterocycles. The van der Waals surface area contributed by atoms with Crippen LogP contribution in [0.2, 0.25) is 0 Å². The number of ether oxygens (including phenoxy) is 1. The minimum absolute atomic E-state index is 0.119. The molecule has 240 valence electrons. The standard InChI is InChI=1S/C32H41N7O6/c1-8-9-17-38-25-26(35-29(38)37-16-12-13-21(18-37)33-30(43)45-32(4,5)6)36(7)31(44)39(28(25)42)19-24(40)22-14-10-11-15-23(22)34-27(41)20(2)3/h10-11,14-15,20-21H,12-13,16-19H2,1-7H3,(H,33,43)(H,34,41)/t21-/m1/s1. The maximum absolute atomic E-state index is 14.0. The Morgan fingerprint density at radius 2 is 1.84 bits per heavy atom. The first-order valence-corrected chi connectivity index (χ1v) is 15.0. The molecule has 1 saturated heterocycles. The van der Waals surface area contributed by atoms with Gasteiger partial charge in [0.15, 0.2) is 16.9 Å². The molecule has 2 aromatic heterocycles. The first-order chi connectivity index (χ1) is 21.2. The van der Waals surface area contributed by atoms with E-state index in [1.807, 2.05) is 4.90 Å². The third kappa shape index (κ3) is 7.45. The number of hydrogen-bond acceptors (Lipinski definition) is 8. The van der Waals surface area contributed by atoms with E-state index in [4.69, 9.17) is 9.72 Å². The van der Waals surface area contributed by atoms with Gasteiger partial charge in [-0.1, -0.05) is 31.9 Å². The predicted molar refractivity (Wildman–Crippen MR) is 172 cm³/mol. The molecule has 4 rings (SSSR count). The van der Waals surface area contributed by atoms with Gasteiger partial charge in [0.25, 0.3) is 5.56 Å². The number of alkyl carbamates (subject to hydrolysis) is 1. The number of carbonyl (C=O) groups excluding carboxylic acids is 3. The Labute approximate surface area is 261 Å². The van der Waals surface area contributed by atoms with E-state index in [2.05, 4.69) is 22.5 Å². The van der Waals surface area contributed by atoms with Crippen molar-refractivity contribution in [3.8, 4) is 11.8 Å². The van der Waals surface area contributed by atoms with Gasteiger partial charge in [0.05, 0.1) is 18.8 Å². The number of carbonyl (C=O) groups is 3. The highest BCUT2D eigenvalue weighted by atomic mass is 16.6. The van der Waals surface area contributed by atoms with Crippen LogP contribution >= 0.6 is 0 Å². The third-order valence-corrected chi connectivity index (χ3v) is 7.36. The van der Waals surface area contributed by atoms with Crippen LogP contribution in [0.3, 0.4) is 0 Å². The molecular formula is C32H41N7O6. The van der Waals surface area contributed by atoms with Crippen LogP contribution in [0, 0.1) is 17.8 Å². The average molecular weight is 620 g/mol. The number of nitrogens with one attached hydrogen (secondary N) is 2. The minimum atomic E-state index is -0.703. The summed E-state index contributed by atoms with van der Waals surface area (Å²) >= 11 is 0. The first-order valence-electron chi connectivity index (χ1n) is 15.0. The second-order valence-corrected chi connectivity index (χ2v) is 12.4. The number of Topliss-reactive ketones (excluding diaryl/α,β-unsaturated/α-hetero) is 1. The van der Waals surface area contributed by atoms with Crippen molar-refractivity contribution in [2.24, 2.45) is 13.0 Å².